The molecule has 4 nitrogen and oxygen atoms in total. The number of carboxylic acids is 1. The van der Waals surface area contributed by atoms with Gasteiger partial charge in [-0.25, -0.2) is 0 Å². The first-order valence-corrected chi connectivity index (χ1v) is 5.09. The van der Waals surface area contributed by atoms with E-state index in [1.54, 1.807) is 6.07 Å². The summed E-state index contributed by atoms with van der Waals surface area (Å²) < 4.78 is 40.2. The van der Waals surface area contributed by atoms with E-state index in [0.717, 1.165) is 0 Å². The first kappa shape index (κ1) is 14.3. The van der Waals surface area contributed by atoms with Crippen molar-refractivity contribution in [1.82, 2.24) is 5.32 Å². The van der Waals surface area contributed by atoms with Crippen LogP contribution in [0.5, 0.6) is 5.75 Å². The first-order valence-electron chi connectivity index (χ1n) is 5.09. The van der Waals surface area contributed by atoms with Gasteiger partial charge < -0.3 is 15.2 Å². The summed E-state index contributed by atoms with van der Waals surface area (Å²) in [6.45, 7) is 1.37. The van der Waals surface area contributed by atoms with E-state index in [9.17, 15) is 18.0 Å². The smallest absolute Gasteiger partial charge is 0.480 e. The number of benzene rings is 1. The Morgan fingerprint density at radius 3 is 2.61 bits per heavy atom. The average molecular weight is 263 g/mol. The van der Waals surface area contributed by atoms with Crippen LogP contribution in [0.2, 0.25) is 0 Å². The minimum atomic E-state index is -4.77. The third-order valence-electron chi connectivity index (χ3n) is 2.17. The van der Waals surface area contributed by atoms with Crippen molar-refractivity contribution in [3.05, 3.63) is 29.8 Å². The Balaban J connectivity index is 2.73. The normalized spacial score (nSPS) is 13.1. The lowest BCUT2D eigenvalue weighted by molar-refractivity contribution is -0.274. The Hall–Kier alpha value is -1.76. The first-order chi connectivity index (χ1) is 8.29. The Kier molecular flexibility index (Phi) is 4.55. The number of hydrogen-bond donors (Lipinski definition) is 2. The molecule has 0 fully saturated rings. The van der Waals surface area contributed by atoms with Crippen LogP contribution in [0.3, 0.4) is 0 Å². The van der Waals surface area contributed by atoms with Gasteiger partial charge in [0.05, 0.1) is 0 Å². The second kappa shape index (κ2) is 5.72. The van der Waals surface area contributed by atoms with Gasteiger partial charge in [0.25, 0.3) is 0 Å². The molecule has 0 bridgehead atoms. The molecule has 18 heavy (non-hydrogen) atoms. The molecule has 100 valence electrons. The lowest BCUT2D eigenvalue weighted by atomic mass is 10.2. The zero-order valence-electron chi connectivity index (χ0n) is 9.49. The van der Waals surface area contributed by atoms with E-state index in [4.69, 9.17) is 5.11 Å². The van der Waals surface area contributed by atoms with Crippen LogP contribution >= 0.6 is 0 Å². The van der Waals surface area contributed by atoms with Crippen LogP contribution in [0.25, 0.3) is 0 Å². The number of aliphatic carboxylic acids is 1. The van der Waals surface area contributed by atoms with Gasteiger partial charge in [0.15, 0.2) is 0 Å². The molecule has 1 aromatic rings. The molecular formula is C11H12F3NO3. The molecule has 0 aromatic heterocycles. The third kappa shape index (κ3) is 4.62. The molecule has 1 atom stereocenters. The maximum Gasteiger partial charge on any atom is 0.573 e. The Labute approximate surface area is 101 Å². The summed E-state index contributed by atoms with van der Waals surface area (Å²) in [4.78, 5) is 10.6. The van der Waals surface area contributed by atoms with Gasteiger partial charge in [-0.15, -0.1) is 13.2 Å². The molecule has 0 heterocycles. The number of hydrogen-bond acceptors (Lipinski definition) is 3. The van der Waals surface area contributed by atoms with Crippen LogP contribution in [0.4, 0.5) is 13.2 Å². The predicted octanol–water partition coefficient (Wildman–Crippen LogP) is 2.15. The SMILES string of the molecule is CC(NCc1ccccc1OC(F)(F)F)C(=O)O. The number of para-hydroxylation sites is 1. The van der Waals surface area contributed by atoms with Gasteiger partial charge in [-0.3, -0.25) is 4.79 Å². The van der Waals surface area contributed by atoms with Crippen molar-refractivity contribution in [2.24, 2.45) is 0 Å². The molecule has 0 amide bonds. The van der Waals surface area contributed by atoms with Crippen molar-refractivity contribution < 1.29 is 27.8 Å². The van der Waals surface area contributed by atoms with E-state index in [1.807, 2.05) is 0 Å². The fraction of sp³-hybridized carbons (Fsp3) is 0.364. The molecule has 0 saturated carbocycles. The van der Waals surface area contributed by atoms with Crippen LogP contribution in [0, 0.1) is 0 Å². The molecule has 7 heteroatoms. The highest BCUT2D eigenvalue weighted by molar-refractivity contribution is 5.72. The van der Waals surface area contributed by atoms with E-state index in [-0.39, 0.29) is 17.9 Å². The van der Waals surface area contributed by atoms with Crippen LogP contribution < -0.4 is 10.1 Å². The van der Waals surface area contributed by atoms with Gasteiger partial charge in [0, 0.05) is 12.1 Å². The summed E-state index contributed by atoms with van der Waals surface area (Å²) >= 11 is 0. The van der Waals surface area contributed by atoms with E-state index in [0.29, 0.717) is 0 Å². The van der Waals surface area contributed by atoms with E-state index in [2.05, 4.69) is 10.1 Å². The topological polar surface area (TPSA) is 58.6 Å². The molecule has 0 aliphatic heterocycles. The fourth-order valence-corrected chi connectivity index (χ4v) is 1.22. The van der Waals surface area contributed by atoms with E-state index < -0.39 is 18.4 Å². The highest BCUT2D eigenvalue weighted by Crippen LogP contribution is 2.26. The molecule has 1 unspecified atom stereocenters. The zero-order chi connectivity index (χ0) is 13.8. The van der Waals surface area contributed by atoms with Gasteiger partial charge in [0.1, 0.15) is 11.8 Å². The molecule has 0 aliphatic carbocycles. The van der Waals surface area contributed by atoms with E-state index in [1.165, 1.54) is 25.1 Å². The van der Waals surface area contributed by atoms with E-state index >= 15 is 0 Å². The van der Waals surface area contributed by atoms with Gasteiger partial charge in [0.2, 0.25) is 0 Å². The fourth-order valence-electron chi connectivity index (χ4n) is 1.22. The standard InChI is InChI=1S/C11H12F3NO3/c1-7(10(16)17)15-6-8-4-2-3-5-9(8)18-11(12,13)14/h2-5,7,15H,6H2,1H3,(H,16,17). The van der Waals surface area contributed by atoms with Crippen LogP contribution in [-0.2, 0) is 11.3 Å². The number of rotatable bonds is 5. The molecule has 0 spiro atoms. The second-order valence-electron chi connectivity index (χ2n) is 3.60. The van der Waals surface area contributed by atoms with Crippen LogP contribution in [0.1, 0.15) is 12.5 Å². The van der Waals surface area contributed by atoms with Gasteiger partial charge in [-0.1, -0.05) is 18.2 Å². The summed E-state index contributed by atoms with van der Waals surface area (Å²) in [5, 5.41) is 11.2. The quantitative estimate of drug-likeness (QED) is 0.854. The molecular weight excluding hydrogens is 251 g/mol. The predicted molar refractivity (Wildman–Crippen MR) is 57.1 cm³/mol. The summed E-state index contributed by atoms with van der Waals surface area (Å²) in [6.07, 6.45) is -4.77. The maximum atomic E-state index is 12.1. The highest BCUT2D eigenvalue weighted by atomic mass is 19.4. The number of carboxylic acid groups (broad SMARTS) is 1. The highest BCUT2D eigenvalue weighted by Gasteiger charge is 2.31. The third-order valence-corrected chi connectivity index (χ3v) is 2.17. The lowest BCUT2D eigenvalue weighted by Crippen LogP contribution is -2.33. The Morgan fingerprint density at radius 2 is 2.06 bits per heavy atom. The largest absolute Gasteiger partial charge is 0.573 e. The van der Waals surface area contributed by atoms with Crippen LogP contribution in [-0.4, -0.2) is 23.5 Å². The molecule has 0 aliphatic rings. The number of carbonyl (C=O) groups is 1. The summed E-state index contributed by atoms with van der Waals surface area (Å²) in [5.41, 5.74) is 0.239. The molecule has 0 radical (unpaired) electrons. The Bertz CT molecular complexity index is 420. The van der Waals surface area contributed by atoms with Crippen LogP contribution in [0.15, 0.2) is 24.3 Å². The van der Waals surface area contributed by atoms with Crippen molar-refractivity contribution in [3.8, 4) is 5.75 Å². The van der Waals surface area contributed by atoms with Crippen molar-refractivity contribution in [1.29, 1.82) is 0 Å². The summed E-state index contributed by atoms with van der Waals surface area (Å²) in [7, 11) is 0. The number of ether oxygens (including phenoxy) is 1. The minimum Gasteiger partial charge on any atom is -0.480 e. The van der Waals surface area contributed by atoms with Crippen molar-refractivity contribution in [2.45, 2.75) is 25.9 Å². The van der Waals surface area contributed by atoms with Gasteiger partial charge in [-0.05, 0) is 13.0 Å². The monoisotopic (exact) mass is 263 g/mol. The minimum absolute atomic E-state index is 0.0281. The lowest BCUT2D eigenvalue weighted by Gasteiger charge is -2.14. The van der Waals surface area contributed by atoms with Gasteiger partial charge >= 0.3 is 12.3 Å². The maximum absolute atomic E-state index is 12.1. The molecule has 1 rings (SSSR count). The second-order valence-corrected chi connectivity index (χ2v) is 3.60. The van der Waals surface area contributed by atoms with Crippen molar-refractivity contribution >= 4 is 5.97 Å². The molecule has 1 aromatic carbocycles. The number of halogens is 3. The molecule has 0 saturated heterocycles. The zero-order valence-corrected chi connectivity index (χ0v) is 9.49. The number of alkyl halides is 3. The summed E-state index contributed by atoms with van der Waals surface area (Å²) in [5.74, 6) is -1.42. The number of nitrogens with one attached hydrogen (secondary N) is 1. The van der Waals surface area contributed by atoms with Crippen molar-refractivity contribution in [2.75, 3.05) is 0 Å². The Morgan fingerprint density at radius 1 is 1.44 bits per heavy atom. The van der Waals surface area contributed by atoms with Gasteiger partial charge in [-0.2, -0.15) is 0 Å². The van der Waals surface area contributed by atoms with Crippen molar-refractivity contribution in [3.63, 3.8) is 0 Å². The molecule has 2 N–H and O–H groups in total. The average Bonchev–Trinajstić information content (AvgIpc) is 2.25. The summed E-state index contributed by atoms with van der Waals surface area (Å²) in [6, 6.07) is 4.71.